The second-order valence-electron chi connectivity index (χ2n) is 3.88. The number of hydrogen-bond donors (Lipinski definition) is 1. The van der Waals surface area contributed by atoms with Crippen molar-refractivity contribution in [2.24, 2.45) is 7.05 Å². The van der Waals surface area contributed by atoms with Gasteiger partial charge >= 0.3 is 0 Å². The summed E-state index contributed by atoms with van der Waals surface area (Å²) in [6, 6.07) is 3.00. The lowest BCUT2D eigenvalue weighted by Crippen LogP contribution is -2.12. The van der Waals surface area contributed by atoms with E-state index in [0.29, 0.717) is 11.4 Å². The number of benzene rings is 1. The first kappa shape index (κ1) is 12.2. The number of nitrogens with one attached hydrogen (secondary N) is 1. The first-order chi connectivity index (χ1) is 8.47. The predicted molar refractivity (Wildman–Crippen MR) is 62.3 cm³/mol. The lowest BCUT2D eigenvalue weighted by molar-refractivity contribution is 0.102. The molecule has 2 aromatic rings. The standard InChI is InChI=1S/C12H11F2N3O/c1-7-11(6-17(2)16-7)15-12(18)8-3-4-9(13)10(14)5-8/h3-6H,1-2H3,(H,15,18). The van der Waals surface area contributed by atoms with Crippen LogP contribution in [-0.2, 0) is 7.05 Å². The number of anilines is 1. The zero-order chi connectivity index (χ0) is 13.3. The summed E-state index contributed by atoms with van der Waals surface area (Å²) in [5.41, 5.74) is 1.23. The second kappa shape index (κ2) is 4.56. The van der Waals surface area contributed by atoms with E-state index in [0.717, 1.165) is 12.1 Å². The van der Waals surface area contributed by atoms with E-state index in [2.05, 4.69) is 10.4 Å². The van der Waals surface area contributed by atoms with Crippen molar-refractivity contribution in [3.8, 4) is 0 Å². The number of carbonyl (C=O) groups is 1. The average molecular weight is 251 g/mol. The highest BCUT2D eigenvalue weighted by atomic mass is 19.2. The van der Waals surface area contributed by atoms with Gasteiger partial charge in [-0.3, -0.25) is 9.48 Å². The lowest BCUT2D eigenvalue weighted by atomic mass is 10.2. The Morgan fingerprint density at radius 3 is 2.61 bits per heavy atom. The molecule has 0 saturated heterocycles. The third-order valence-corrected chi connectivity index (χ3v) is 2.44. The maximum Gasteiger partial charge on any atom is 0.255 e. The number of amides is 1. The molecule has 1 amide bonds. The fourth-order valence-corrected chi connectivity index (χ4v) is 1.55. The molecule has 0 bridgehead atoms. The van der Waals surface area contributed by atoms with E-state index in [-0.39, 0.29) is 5.56 Å². The Balaban J connectivity index is 2.22. The highest BCUT2D eigenvalue weighted by molar-refractivity contribution is 6.04. The van der Waals surface area contributed by atoms with Gasteiger partial charge in [0.05, 0.1) is 11.4 Å². The molecule has 1 N–H and O–H groups in total. The number of aromatic nitrogens is 2. The van der Waals surface area contributed by atoms with E-state index in [1.54, 1.807) is 24.9 Å². The fraction of sp³-hybridized carbons (Fsp3) is 0.167. The SMILES string of the molecule is Cc1nn(C)cc1NC(=O)c1ccc(F)c(F)c1. The Labute approximate surface area is 102 Å². The molecule has 0 aliphatic carbocycles. The van der Waals surface area contributed by atoms with Crippen LogP contribution in [0.5, 0.6) is 0 Å². The minimum absolute atomic E-state index is 0.0529. The van der Waals surface area contributed by atoms with Gasteiger partial charge in [0.2, 0.25) is 0 Å². The number of halogens is 2. The van der Waals surface area contributed by atoms with Crippen molar-refractivity contribution in [3.63, 3.8) is 0 Å². The van der Waals surface area contributed by atoms with Crippen LogP contribution >= 0.6 is 0 Å². The Kier molecular flexibility index (Phi) is 3.10. The monoisotopic (exact) mass is 251 g/mol. The van der Waals surface area contributed by atoms with Gasteiger partial charge in [0, 0.05) is 18.8 Å². The van der Waals surface area contributed by atoms with Gasteiger partial charge in [-0.25, -0.2) is 8.78 Å². The molecule has 4 nitrogen and oxygen atoms in total. The number of aryl methyl sites for hydroxylation is 2. The van der Waals surface area contributed by atoms with E-state index in [4.69, 9.17) is 0 Å². The first-order valence-corrected chi connectivity index (χ1v) is 5.24. The molecule has 0 saturated carbocycles. The summed E-state index contributed by atoms with van der Waals surface area (Å²) in [5.74, 6) is -2.54. The summed E-state index contributed by atoms with van der Waals surface area (Å²) in [7, 11) is 1.72. The van der Waals surface area contributed by atoms with Gasteiger partial charge in [-0.2, -0.15) is 5.10 Å². The van der Waals surface area contributed by atoms with Gasteiger partial charge in [0.1, 0.15) is 0 Å². The molecular formula is C12H11F2N3O. The van der Waals surface area contributed by atoms with Crippen molar-refractivity contribution in [2.45, 2.75) is 6.92 Å². The van der Waals surface area contributed by atoms with E-state index in [1.165, 1.54) is 6.07 Å². The van der Waals surface area contributed by atoms with Crippen molar-refractivity contribution in [2.75, 3.05) is 5.32 Å². The second-order valence-corrected chi connectivity index (χ2v) is 3.88. The third-order valence-electron chi connectivity index (χ3n) is 2.44. The van der Waals surface area contributed by atoms with Crippen molar-refractivity contribution < 1.29 is 13.6 Å². The van der Waals surface area contributed by atoms with Crippen LogP contribution in [0.25, 0.3) is 0 Å². The Morgan fingerprint density at radius 1 is 1.33 bits per heavy atom. The van der Waals surface area contributed by atoms with E-state index >= 15 is 0 Å². The zero-order valence-electron chi connectivity index (χ0n) is 9.87. The molecule has 0 spiro atoms. The number of nitrogens with zero attached hydrogens (tertiary/aromatic N) is 2. The third kappa shape index (κ3) is 2.37. The van der Waals surface area contributed by atoms with Crippen molar-refractivity contribution in [1.82, 2.24) is 9.78 Å². The Morgan fingerprint density at radius 2 is 2.06 bits per heavy atom. The van der Waals surface area contributed by atoms with Crippen molar-refractivity contribution >= 4 is 11.6 Å². The largest absolute Gasteiger partial charge is 0.319 e. The Bertz CT molecular complexity index is 607. The van der Waals surface area contributed by atoms with Crippen LogP contribution in [0, 0.1) is 18.6 Å². The molecule has 0 aliphatic rings. The van der Waals surface area contributed by atoms with Gasteiger partial charge < -0.3 is 5.32 Å². The summed E-state index contributed by atoms with van der Waals surface area (Å²) in [5, 5.41) is 6.64. The highest BCUT2D eigenvalue weighted by Crippen LogP contribution is 2.14. The predicted octanol–water partition coefficient (Wildman–Crippen LogP) is 2.26. The Hall–Kier alpha value is -2.24. The number of rotatable bonds is 2. The van der Waals surface area contributed by atoms with Crippen LogP contribution < -0.4 is 5.32 Å². The molecule has 1 heterocycles. The molecule has 1 aromatic carbocycles. The summed E-state index contributed by atoms with van der Waals surface area (Å²) in [6.07, 6.45) is 1.63. The minimum atomic E-state index is -1.05. The molecule has 0 radical (unpaired) electrons. The minimum Gasteiger partial charge on any atom is -0.319 e. The molecule has 0 unspecified atom stereocenters. The number of hydrogen-bond acceptors (Lipinski definition) is 2. The van der Waals surface area contributed by atoms with Crippen LogP contribution in [0.15, 0.2) is 24.4 Å². The topological polar surface area (TPSA) is 46.9 Å². The van der Waals surface area contributed by atoms with Gasteiger partial charge in [0.15, 0.2) is 11.6 Å². The quantitative estimate of drug-likeness (QED) is 0.889. The molecule has 1 aromatic heterocycles. The molecule has 6 heteroatoms. The molecule has 2 rings (SSSR count). The smallest absolute Gasteiger partial charge is 0.255 e. The van der Waals surface area contributed by atoms with Crippen molar-refractivity contribution in [1.29, 1.82) is 0 Å². The van der Waals surface area contributed by atoms with Crippen LogP contribution in [0.3, 0.4) is 0 Å². The fourth-order valence-electron chi connectivity index (χ4n) is 1.55. The van der Waals surface area contributed by atoms with Gasteiger partial charge in [-0.1, -0.05) is 0 Å². The van der Waals surface area contributed by atoms with E-state index in [9.17, 15) is 13.6 Å². The highest BCUT2D eigenvalue weighted by Gasteiger charge is 2.12. The molecule has 0 aliphatic heterocycles. The van der Waals surface area contributed by atoms with Crippen molar-refractivity contribution in [3.05, 3.63) is 47.3 Å². The van der Waals surface area contributed by atoms with E-state index < -0.39 is 17.5 Å². The molecular weight excluding hydrogens is 240 g/mol. The summed E-state index contributed by atoms with van der Waals surface area (Å²) in [4.78, 5) is 11.8. The average Bonchev–Trinajstić information content (AvgIpc) is 2.61. The zero-order valence-corrected chi connectivity index (χ0v) is 9.87. The maximum atomic E-state index is 13.0. The lowest BCUT2D eigenvalue weighted by Gasteiger charge is -2.03. The molecule has 0 fully saturated rings. The first-order valence-electron chi connectivity index (χ1n) is 5.24. The van der Waals surface area contributed by atoms with Crippen LogP contribution in [0.4, 0.5) is 14.5 Å². The van der Waals surface area contributed by atoms with Gasteiger partial charge in [-0.05, 0) is 25.1 Å². The maximum absolute atomic E-state index is 13.0. The van der Waals surface area contributed by atoms with Crippen LogP contribution in [0.1, 0.15) is 16.1 Å². The van der Waals surface area contributed by atoms with Crippen LogP contribution in [0.2, 0.25) is 0 Å². The molecule has 0 atom stereocenters. The van der Waals surface area contributed by atoms with Gasteiger partial charge in [-0.15, -0.1) is 0 Å². The van der Waals surface area contributed by atoms with Gasteiger partial charge in [0.25, 0.3) is 5.91 Å². The summed E-state index contributed by atoms with van der Waals surface area (Å²) in [6.45, 7) is 1.74. The summed E-state index contributed by atoms with van der Waals surface area (Å²) < 4.78 is 27.3. The normalized spacial score (nSPS) is 10.4. The number of carbonyl (C=O) groups excluding carboxylic acids is 1. The molecule has 18 heavy (non-hydrogen) atoms. The summed E-state index contributed by atoms with van der Waals surface area (Å²) >= 11 is 0. The van der Waals surface area contributed by atoms with Crippen LogP contribution in [-0.4, -0.2) is 15.7 Å². The molecule has 94 valence electrons. The van der Waals surface area contributed by atoms with E-state index in [1.807, 2.05) is 0 Å².